The molecule has 0 fully saturated rings. The van der Waals surface area contributed by atoms with Crippen LogP contribution in [0.2, 0.25) is 0 Å². The van der Waals surface area contributed by atoms with Gasteiger partial charge in [-0.3, -0.25) is 14.4 Å². The van der Waals surface area contributed by atoms with Crippen LogP contribution in [0.15, 0.2) is 30.3 Å². The Labute approximate surface area is 338 Å². The lowest BCUT2D eigenvalue weighted by Gasteiger charge is -2.26. The lowest BCUT2D eigenvalue weighted by atomic mass is 9.98. The number of unbranched alkanes of at least 4 members (excludes halogenated alkanes) is 18. The van der Waals surface area contributed by atoms with Gasteiger partial charge in [0.15, 0.2) is 0 Å². The van der Waals surface area contributed by atoms with E-state index < -0.39 is 6.04 Å². The summed E-state index contributed by atoms with van der Waals surface area (Å²) in [7, 11) is 0. The summed E-state index contributed by atoms with van der Waals surface area (Å²) in [6, 6.07) is 8.98. The van der Waals surface area contributed by atoms with Gasteiger partial charge in [-0.25, -0.2) is 0 Å². The van der Waals surface area contributed by atoms with Crippen LogP contribution in [0, 0.1) is 11.8 Å². The highest BCUT2D eigenvalue weighted by molar-refractivity contribution is 7.79. The minimum Gasteiger partial charge on any atom is -0.464 e. The molecule has 1 aromatic carbocycles. The van der Waals surface area contributed by atoms with Crippen LogP contribution in [-0.4, -0.2) is 61.3 Å². The van der Waals surface area contributed by atoms with E-state index in [4.69, 9.17) is 15.2 Å². The summed E-state index contributed by atoms with van der Waals surface area (Å²) in [5, 5.41) is 0. The van der Waals surface area contributed by atoms with Gasteiger partial charge >= 0.3 is 11.9 Å². The Kier molecular flexibility index (Phi) is 36.4. The Morgan fingerprint density at radius 2 is 0.926 bits per heavy atom. The van der Waals surface area contributed by atoms with Gasteiger partial charge in [0.25, 0.3) is 0 Å². The highest BCUT2D eigenvalue weighted by atomic mass is 32.1. The zero-order valence-electron chi connectivity index (χ0n) is 35.6. The number of carbonyl (C=O) groups is 3. The quantitative estimate of drug-likeness (QED) is 0.0405. The summed E-state index contributed by atoms with van der Waals surface area (Å²) in [5.41, 5.74) is 7.38. The predicted octanol–water partition coefficient (Wildman–Crippen LogP) is 11.7. The number of rotatable bonds is 35. The van der Waals surface area contributed by atoms with E-state index in [1.807, 2.05) is 44.2 Å². The first-order valence-corrected chi connectivity index (χ1v) is 23.1. The van der Waals surface area contributed by atoms with Gasteiger partial charge in [0.1, 0.15) is 13.2 Å². The molecule has 3 unspecified atom stereocenters. The molecule has 3 atom stereocenters. The van der Waals surface area contributed by atoms with Crippen LogP contribution in [0.25, 0.3) is 0 Å². The van der Waals surface area contributed by atoms with E-state index in [0.29, 0.717) is 6.42 Å². The summed E-state index contributed by atoms with van der Waals surface area (Å²) >= 11 is 3.53. The summed E-state index contributed by atoms with van der Waals surface area (Å²) < 4.78 is 11.4. The molecular weight excluding hydrogens is 693 g/mol. The molecule has 1 amide bonds. The maximum Gasteiger partial charge on any atom is 0.308 e. The zero-order chi connectivity index (χ0) is 40.1. The van der Waals surface area contributed by atoms with E-state index in [0.717, 1.165) is 56.9 Å². The fourth-order valence-corrected chi connectivity index (χ4v) is 7.00. The van der Waals surface area contributed by atoms with Gasteiger partial charge in [0, 0.05) is 0 Å². The lowest BCUT2D eigenvalue weighted by Crippen LogP contribution is -2.47. The lowest BCUT2D eigenvalue weighted by molar-refractivity contribution is -0.152. The molecule has 0 aromatic heterocycles. The van der Waals surface area contributed by atoms with Crippen molar-refractivity contribution >= 4 is 30.5 Å². The van der Waals surface area contributed by atoms with Gasteiger partial charge in [-0.1, -0.05) is 186 Å². The number of nitrogens with two attached hydrogens (primary N) is 1. The molecule has 2 N–H and O–H groups in total. The van der Waals surface area contributed by atoms with Gasteiger partial charge in [-0.05, 0) is 43.9 Å². The standard InChI is InChI=1S/C45H80N2O5.CH4S/c1-5-9-11-13-15-17-19-21-23-28-32-40(7-3)44(49)51-36-34-47(43(48)42(46)38-39-30-26-25-27-31-39)35-37-52-45(50)41(8-4)33-29-24-22-20-18-16-14-12-10-6-2;1-2/h25-27,30-31,40-42H,5-24,28-29,32-38,46H2,1-4H3;2H,1H3. The van der Waals surface area contributed by atoms with Gasteiger partial charge in [0.05, 0.1) is 31.0 Å². The highest BCUT2D eigenvalue weighted by Gasteiger charge is 2.24. The Morgan fingerprint density at radius 1 is 0.574 bits per heavy atom. The van der Waals surface area contributed by atoms with Gasteiger partial charge in [-0.2, -0.15) is 12.6 Å². The number of amides is 1. The molecule has 0 radical (unpaired) electrons. The van der Waals surface area contributed by atoms with Crippen molar-refractivity contribution in [3.63, 3.8) is 0 Å². The first-order chi connectivity index (χ1) is 26.4. The molecule has 0 saturated carbocycles. The first kappa shape index (κ1) is 51.9. The average molecular weight is 777 g/mol. The topological polar surface area (TPSA) is 98.9 Å². The van der Waals surface area contributed by atoms with Crippen LogP contribution < -0.4 is 5.73 Å². The number of carbonyl (C=O) groups excluding carboxylic acids is 3. The van der Waals surface area contributed by atoms with Crippen LogP contribution in [0.4, 0.5) is 0 Å². The highest BCUT2D eigenvalue weighted by Crippen LogP contribution is 2.19. The summed E-state index contributed by atoms with van der Waals surface area (Å²) in [4.78, 5) is 41.1. The number of esters is 2. The molecule has 8 heteroatoms. The molecule has 0 saturated heterocycles. The fourth-order valence-electron chi connectivity index (χ4n) is 7.00. The second-order valence-corrected chi connectivity index (χ2v) is 15.1. The van der Waals surface area contributed by atoms with Gasteiger partial charge in [-0.15, -0.1) is 0 Å². The number of hydrogen-bond donors (Lipinski definition) is 2. The maximum absolute atomic E-state index is 13.5. The molecule has 54 heavy (non-hydrogen) atoms. The van der Waals surface area contributed by atoms with E-state index in [1.54, 1.807) is 11.2 Å². The van der Waals surface area contributed by atoms with Crippen molar-refractivity contribution < 1.29 is 23.9 Å². The molecule has 0 heterocycles. The molecule has 0 spiro atoms. The second kappa shape index (κ2) is 37.8. The Balaban J connectivity index is 0.0000138. The molecule has 314 valence electrons. The summed E-state index contributed by atoms with van der Waals surface area (Å²) in [5.74, 6) is -0.861. The van der Waals surface area contributed by atoms with Gasteiger partial charge in [0.2, 0.25) is 5.91 Å². The number of benzene rings is 1. The van der Waals surface area contributed by atoms with E-state index >= 15 is 0 Å². The first-order valence-electron chi connectivity index (χ1n) is 22.2. The van der Waals surface area contributed by atoms with Crippen molar-refractivity contribution in [1.82, 2.24) is 4.90 Å². The fraction of sp³-hybridized carbons (Fsp3) is 0.804. The predicted molar refractivity (Wildman–Crippen MR) is 232 cm³/mol. The molecule has 1 aromatic rings. The second-order valence-electron chi connectivity index (χ2n) is 15.1. The van der Waals surface area contributed by atoms with E-state index in [2.05, 4.69) is 26.5 Å². The number of thiol groups is 1. The van der Waals surface area contributed by atoms with Crippen molar-refractivity contribution in [1.29, 1.82) is 0 Å². The van der Waals surface area contributed by atoms with Crippen LogP contribution in [0.5, 0.6) is 0 Å². The number of ether oxygens (including phenoxy) is 2. The number of nitrogens with zero attached hydrogens (tertiary/aromatic N) is 1. The summed E-state index contributed by atoms with van der Waals surface area (Å²) in [6.07, 6.45) is 30.6. The Hall–Kier alpha value is -2.06. The molecule has 0 aliphatic heterocycles. The van der Waals surface area contributed by atoms with Crippen molar-refractivity contribution in [2.24, 2.45) is 17.6 Å². The third kappa shape index (κ3) is 27.5. The van der Waals surface area contributed by atoms with Crippen LogP contribution >= 0.6 is 12.6 Å². The van der Waals surface area contributed by atoms with Crippen molar-refractivity contribution in [3.05, 3.63) is 35.9 Å². The Bertz CT molecular complexity index is 960. The third-order valence-corrected chi connectivity index (χ3v) is 10.6. The van der Waals surface area contributed by atoms with Crippen LogP contribution in [0.1, 0.15) is 187 Å². The summed E-state index contributed by atoms with van der Waals surface area (Å²) in [6.45, 7) is 9.21. The normalized spacial score (nSPS) is 12.6. The molecule has 7 nitrogen and oxygen atoms in total. The Morgan fingerprint density at radius 3 is 1.28 bits per heavy atom. The largest absolute Gasteiger partial charge is 0.464 e. The maximum atomic E-state index is 13.5. The SMILES string of the molecule is CCCCCCCCCCCCC(CC)C(=O)OCCN(CCOC(=O)C(CC)CCCCCCCCCCCC)C(=O)C(N)Cc1ccccc1.CS. The minimum absolute atomic E-state index is 0.0986. The van der Waals surface area contributed by atoms with E-state index in [9.17, 15) is 14.4 Å². The smallest absolute Gasteiger partial charge is 0.308 e. The number of hydrogen-bond acceptors (Lipinski definition) is 7. The van der Waals surface area contributed by atoms with E-state index in [-0.39, 0.29) is 56.0 Å². The van der Waals surface area contributed by atoms with Gasteiger partial charge < -0.3 is 20.1 Å². The minimum atomic E-state index is -0.742. The monoisotopic (exact) mass is 777 g/mol. The van der Waals surface area contributed by atoms with E-state index in [1.165, 1.54) is 103 Å². The molecule has 0 aliphatic carbocycles. The zero-order valence-corrected chi connectivity index (χ0v) is 36.5. The third-order valence-electron chi connectivity index (χ3n) is 10.6. The van der Waals surface area contributed by atoms with Crippen molar-refractivity contribution in [2.75, 3.05) is 32.6 Å². The molecule has 1 rings (SSSR count). The average Bonchev–Trinajstić information content (AvgIpc) is 3.19. The molecule has 0 aliphatic rings. The van der Waals surface area contributed by atoms with Crippen LogP contribution in [-0.2, 0) is 30.3 Å². The van der Waals surface area contributed by atoms with Crippen LogP contribution in [0.3, 0.4) is 0 Å². The molecule has 0 bridgehead atoms. The van der Waals surface area contributed by atoms with Crippen molar-refractivity contribution in [3.8, 4) is 0 Å². The molecular formula is C46H84N2O5S. The van der Waals surface area contributed by atoms with Crippen molar-refractivity contribution in [2.45, 2.75) is 194 Å².